The molecule has 44 heavy (non-hydrogen) atoms. The van der Waals surface area contributed by atoms with Crippen molar-refractivity contribution in [1.29, 1.82) is 0 Å². The lowest BCUT2D eigenvalue weighted by atomic mass is 9.88. The summed E-state index contributed by atoms with van der Waals surface area (Å²) < 4.78 is 53.7. The Kier molecular flexibility index (Phi) is 9.61. The molecule has 0 amide bonds. The molecular weight excluding hydrogens is 583 g/mol. The third kappa shape index (κ3) is 7.66. The number of carbonyl (C=O) groups excluding carboxylic acids is 1. The zero-order chi connectivity index (χ0) is 32.6. The minimum Gasteiger partial charge on any atom is -0.475 e. The number of esters is 1. The quantitative estimate of drug-likeness (QED) is 0.264. The van der Waals surface area contributed by atoms with Crippen molar-refractivity contribution < 1.29 is 27.1 Å². The molecule has 11 heteroatoms. The molecule has 0 spiro atoms. The molecule has 0 unspecified atom stereocenters. The first kappa shape index (κ1) is 33.6. The standard InChI is InChI=1S/C33H45FN4O5S/c1-10-37-14-12-24-28(19-37)38(36-31(24)44(9,40)41)33(7,8)20-42-29-15-22(11-13-35-29)26-17-23(34)16-25(21(2)3)27(26)18-30(39)43-32(4,5)6/h11,13,15-17,21H,10,12,14,18-20H2,1-9H3. The maximum absolute atomic E-state index is 14.9. The van der Waals surface area contributed by atoms with E-state index in [0.717, 1.165) is 29.9 Å². The fourth-order valence-corrected chi connectivity index (χ4v) is 6.52. The van der Waals surface area contributed by atoms with Crippen LogP contribution in [-0.4, -0.2) is 65.6 Å². The second-order valence-corrected chi connectivity index (χ2v) is 15.4. The lowest BCUT2D eigenvalue weighted by Gasteiger charge is -2.31. The monoisotopic (exact) mass is 628 g/mol. The Morgan fingerprint density at radius 3 is 2.45 bits per heavy atom. The van der Waals surface area contributed by atoms with E-state index >= 15 is 0 Å². The molecule has 1 aromatic carbocycles. The van der Waals surface area contributed by atoms with Crippen LogP contribution in [0.15, 0.2) is 35.5 Å². The summed E-state index contributed by atoms with van der Waals surface area (Å²) in [6, 6.07) is 6.39. The highest BCUT2D eigenvalue weighted by molar-refractivity contribution is 7.90. The van der Waals surface area contributed by atoms with E-state index in [0.29, 0.717) is 35.5 Å². The van der Waals surface area contributed by atoms with E-state index in [9.17, 15) is 17.6 Å². The van der Waals surface area contributed by atoms with E-state index in [4.69, 9.17) is 9.47 Å². The molecule has 0 bridgehead atoms. The number of aromatic nitrogens is 3. The van der Waals surface area contributed by atoms with Gasteiger partial charge >= 0.3 is 5.97 Å². The van der Waals surface area contributed by atoms with Crippen LogP contribution in [-0.2, 0) is 44.3 Å². The van der Waals surface area contributed by atoms with Crippen LogP contribution in [0.2, 0.25) is 0 Å². The summed E-state index contributed by atoms with van der Waals surface area (Å²) in [5.74, 6) is -0.505. The molecule has 4 rings (SSSR count). The van der Waals surface area contributed by atoms with Gasteiger partial charge in [0.05, 0.1) is 17.7 Å². The Morgan fingerprint density at radius 2 is 1.84 bits per heavy atom. The number of rotatable bonds is 10. The number of halogens is 1. The van der Waals surface area contributed by atoms with Crippen molar-refractivity contribution in [3.8, 4) is 17.0 Å². The number of benzene rings is 1. The Hall–Kier alpha value is -3.31. The molecule has 1 aliphatic heterocycles. The normalized spacial score (nSPS) is 14.5. The van der Waals surface area contributed by atoms with Crippen LogP contribution >= 0.6 is 0 Å². The highest BCUT2D eigenvalue weighted by atomic mass is 32.2. The van der Waals surface area contributed by atoms with Gasteiger partial charge in [-0.05, 0) is 94.0 Å². The zero-order valence-electron chi connectivity index (χ0n) is 27.3. The van der Waals surface area contributed by atoms with Crippen LogP contribution in [0.3, 0.4) is 0 Å². The van der Waals surface area contributed by atoms with Gasteiger partial charge in [-0.1, -0.05) is 20.8 Å². The number of ether oxygens (including phenoxy) is 2. The number of carbonyl (C=O) groups is 1. The number of hydrogen-bond donors (Lipinski definition) is 0. The molecule has 3 heterocycles. The van der Waals surface area contributed by atoms with E-state index in [1.165, 1.54) is 18.4 Å². The molecule has 0 N–H and O–H groups in total. The summed E-state index contributed by atoms with van der Waals surface area (Å²) >= 11 is 0. The summed E-state index contributed by atoms with van der Waals surface area (Å²) in [5.41, 5.74) is 2.95. The van der Waals surface area contributed by atoms with Crippen molar-refractivity contribution in [2.24, 2.45) is 0 Å². The van der Waals surface area contributed by atoms with Gasteiger partial charge in [-0.25, -0.2) is 17.8 Å². The van der Waals surface area contributed by atoms with Gasteiger partial charge in [-0.3, -0.25) is 14.4 Å². The van der Waals surface area contributed by atoms with Crippen LogP contribution in [0.4, 0.5) is 4.39 Å². The molecule has 0 saturated heterocycles. The van der Waals surface area contributed by atoms with E-state index in [1.807, 2.05) is 48.5 Å². The Morgan fingerprint density at radius 1 is 1.14 bits per heavy atom. The smallest absolute Gasteiger partial charge is 0.310 e. The number of nitrogens with zero attached hydrogens (tertiary/aromatic N) is 4. The van der Waals surface area contributed by atoms with E-state index in [-0.39, 0.29) is 24.0 Å². The van der Waals surface area contributed by atoms with Gasteiger partial charge in [0.2, 0.25) is 5.88 Å². The van der Waals surface area contributed by atoms with Gasteiger partial charge < -0.3 is 9.47 Å². The van der Waals surface area contributed by atoms with Crippen molar-refractivity contribution >= 4 is 15.8 Å². The van der Waals surface area contributed by atoms with Crippen LogP contribution in [0.1, 0.15) is 83.7 Å². The largest absolute Gasteiger partial charge is 0.475 e. The average molecular weight is 629 g/mol. The summed E-state index contributed by atoms with van der Waals surface area (Å²) in [7, 11) is -3.51. The number of pyridine rings is 1. The molecule has 0 radical (unpaired) electrons. The molecule has 0 atom stereocenters. The second-order valence-electron chi connectivity index (χ2n) is 13.5. The first-order valence-electron chi connectivity index (χ1n) is 15.1. The fourth-order valence-electron chi connectivity index (χ4n) is 5.62. The SMILES string of the molecule is CCN1CCc2c(S(C)(=O)=O)nn(C(C)(C)COc3cc(-c4cc(F)cc(C(C)C)c4CC(=O)OC(C)(C)C)ccn3)c2C1. The first-order valence-corrected chi connectivity index (χ1v) is 17.0. The van der Waals surface area contributed by atoms with E-state index in [1.54, 1.807) is 23.0 Å². The maximum Gasteiger partial charge on any atom is 0.310 e. The zero-order valence-corrected chi connectivity index (χ0v) is 28.1. The van der Waals surface area contributed by atoms with Gasteiger partial charge in [0, 0.05) is 37.2 Å². The summed E-state index contributed by atoms with van der Waals surface area (Å²) in [4.78, 5) is 19.5. The third-order valence-corrected chi connectivity index (χ3v) is 8.74. The lowest BCUT2D eigenvalue weighted by Crippen LogP contribution is -2.39. The first-order chi connectivity index (χ1) is 20.4. The second kappa shape index (κ2) is 12.6. The van der Waals surface area contributed by atoms with E-state index < -0.39 is 32.8 Å². The minimum atomic E-state index is -3.51. The van der Waals surface area contributed by atoms with E-state index in [2.05, 4.69) is 21.9 Å². The van der Waals surface area contributed by atoms with Crippen LogP contribution in [0.5, 0.6) is 5.88 Å². The number of hydrogen-bond acceptors (Lipinski definition) is 8. The fraction of sp³-hybridized carbons (Fsp3) is 0.545. The average Bonchev–Trinajstić information content (AvgIpc) is 3.32. The van der Waals surface area contributed by atoms with Gasteiger partial charge in [0.15, 0.2) is 14.9 Å². The number of fused-ring (bicyclic) bond motifs is 1. The predicted molar refractivity (Wildman–Crippen MR) is 168 cm³/mol. The van der Waals surface area contributed by atoms with Gasteiger partial charge in [-0.15, -0.1) is 0 Å². The van der Waals surface area contributed by atoms with Gasteiger partial charge in [0.1, 0.15) is 18.0 Å². The van der Waals surface area contributed by atoms with Crippen LogP contribution < -0.4 is 4.74 Å². The molecule has 240 valence electrons. The topological polar surface area (TPSA) is 104 Å². The summed E-state index contributed by atoms with van der Waals surface area (Å²) in [6.45, 7) is 17.7. The Labute approximate surface area is 260 Å². The highest BCUT2D eigenvalue weighted by Gasteiger charge is 2.35. The molecule has 9 nitrogen and oxygen atoms in total. The van der Waals surface area contributed by atoms with Crippen LogP contribution in [0, 0.1) is 5.82 Å². The Balaban J connectivity index is 1.66. The lowest BCUT2D eigenvalue weighted by molar-refractivity contribution is -0.153. The molecule has 0 saturated carbocycles. The van der Waals surface area contributed by atoms with Crippen LogP contribution in [0.25, 0.3) is 11.1 Å². The molecule has 2 aromatic heterocycles. The highest BCUT2D eigenvalue weighted by Crippen LogP contribution is 2.35. The molecule has 3 aromatic rings. The molecule has 0 aliphatic carbocycles. The molecule has 1 aliphatic rings. The van der Waals surface area contributed by atoms with Crippen molar-refractivity contribution in [1.82, 2.24) is 19.7 Å². The summed E-state index contributed by atoms with van der Waals surface area (Å²) in [5, 5.41) is 4.72. The van der Waals surface area contributed by atoms with Crippen molar-refractivity contribution in [3.63, 3.8) is 0 Å². The number of likely N-dealkylation sites (N-methyl/N-ethyl adjacent to an activating group) is 1. The summed E-state index contributed by atoms with van der Waals surface area (Å²) in [6.07, 6.45) is 3.39. The molecular formula is C33H45FN4O5S. The number of sulfone groups is 1. The van der Waals surface area contributed by atoms with Gasteiger partial charge in [0.25, 0.3) is 0 Å². The molecule has 0 fully saturated rings. The minimum absolute atomic E-state index is 0.00615. The van der Waals surface area contributed by atoms with Crippen molar-refractivity contribution in [2.45, 2.75) is 96.9 Å². The van der Waals surface area contributed by atoms with Crippen molar-refractivity contribution in [3.05, 3.63) is 58.7 Å². The maximum atomic E-state index is 14.9. The van der Waals surface area contributed by atoms with Gasteiger partial charge in [-0.2, -0.15) is 5.10 Å². The third-order valence-electron chi connectivity index (χ3n) is 7.71. The predicted octanol–water partition coefficient (Wildman–Crippen LogP) is 5.69. The van der Waals surface area contributed by atoms with Crippen molar-refractivity contribution in [2.75, 3.05) is 26.0 Å². The Bertz CT molecular complexity index is 1640.